The average molecular weight is 945 g/mol. The van der Waals surface area contributed by atoms with E-state index < -0.39 is 12.1 Å². The zero-order valence-corrected chi connectivity index (χ0v) is 45.1. The minimum absolute atomic E-state index is 0.00329. The summed E-state index contributed by atoms with van der Waals surface area (Å²) in [6.45, 7) is 4.90. The lowest BCUT2D eigenvalue weighted by atomic mass is 10.0. The summed E-state index contributed by atoms with van der Waals surface area (Å²) in [6.07, 6.45) is 69.1. The number of nitrogens with one attached hydrogen (secondary N) is 1. The van der Waals surface area contributed by atoms with Gasteiger partial charge in [-0.3, -0.25) is 9.59 Å². The van der Waals surface area contributed by atoms with Crippen LogP contribution in [0.1, 0.15) is 328 Å². The van der Waals surface area contributed by atoms with Gasteiger partial charge >= 0.3 is 5.97 Å². The van der Waals surface area contributed by atoms with E-state index in [0.717, 1.165) is 51.4 Å². The van der Waals surface area contributed by atoms with Crippen LogP contribution in [0.25, 0.3) is 0 Å². The van der Waals surface area contributed by atoms with E-state index in [1.165, 1.54) is 250 Å². The Morgan fingerprint density at radius 2 is 0.701 bits per heavy atom. The summed E-state index contributed by atoms with van der Waals surface area (Å²) in [5.41, 5.74) is 0. The van der Waals surface area contributed by atoms with E-state index >= 15 is 0 Å². The second kappa shape index (κ2) is 56.9. The van der Waals surface area contributed by atoms with E-state index in [1.54, 1.807) is 6.08 Å². The highest BCUT2D eigenvalue weighted by Gasteiger charge is 2.18. The molecule has 0 bridgehead atoms. The van der Waals surface area contributed by atoms with Crippen molar-refractivity contribution in [2.75, 3.05) is 13.2 Å². The van der Waals surface area contributed by atoms with Crippen LogP contribution in [0.5, 0.6) is 0 Å². The number of rotatable bonds is 56. The van der Waals surface area contributed by atoms with Gasteiger partial charge in [-0.1, -0.05) is 282 Å². The molecule has 2 atom stereocenters. The van der Waals surface area contributed by atoms with Crippen molar-refractivity contribution in [1.82, 2.24) is 5.32 Å². The third kappa shape index (κ3) is 53.5. The number of unbranched alkanes of at least 4 members (excludes halogenated alkanes) is 43. The van der Waals surface area contributed by atoms with Gasteiger partial charge in [-0.25, -0.2) is 0 Å². The van der Waals surface area contributed by atoms with Gasteiger partial charge in [-0.2, -0.15) is 0 Å². The molecule has 0 saturated heterocycles. The number of esters is 1. The molecule has 0 aliphatic rings. The maximum Gasteiger partial charge on any atom is 0.305 e. The number of hydrogen-bond donors (Lipinski definition) is 3. The zero-order valence-electron chi connectivity index (χ0n) is 45.1. The molecule has 6 nitrogen and oxygen atoms in total. The Morgan fingerprint density at radius 3 is 1.06 bits per heavy atom. The molecule has 0 fully saturated rings. The summed E-state index contributed by atoms with van der Waals surface area (Å²) in [5.74, 6) is -0.0775. The number of carbonyl (C=O) groups is 2. The first-order valence-corrected chi connectivity index (χ1v) is 30.1. The van der Waals surface area contributed by atoms with Gasteiger partial charge in [-0.15, -0.1) is 0 Å². The van der Waals surface area contributed by atoms with Crippen LogP contribution in [0.3, 0.4) is 0 Å². The molecule has 6 heteroatoms. The number of hydrogen-bond acceptors (Lipinski definition) is 5. The molecule has 1 amide bonds. The summed E-state index contributed by atoms with van der Waals surface area (Å²) in [6, 6.07) is -0.635. The van der Waals surface area contributed by atoms with Crippen LogP contribution in [-0.4, -0.2) is 47.4 Å². The van der Waals surface area contributed by atoms with Gasteiger partial charge in [-0.05, 0) is 57.8 Å². The number of amides is 1. The first-order chi connectivity index (χ1) is 33.0. The normalized spacial score (nSPS) is 12.7. The highest BCUT2D eigenvalue weighted by atomic mass is 16.5. The van der Waals surface area contributed by atoms with Crippen LogP contribution in [0, 0.1) is 0 Å². The number of allylic oxidation sites excluding steroid dienone is 3. The molecule has 396 valence electrons. The van der Waals surface area contributed by atoms with Crippen molar-refractivity contribution in [3.63, 3.8) is 0 Å². The minimum Gasteiger partial charge on any atom is -0.466 e. The lowest BCUT2D eigenvalue weighted by Gasteiger charge is -2.20. The molecule has 0 aliphatic carbocycles. The van der Waals surface area contributed by atoms with E-state index in [9.17, 15) is 19.8 Å². The Labute approximate surface area is 418 Å². The predicted molar refractivity (Wildman–Crippen MR) is 292 cm³/mol. The van der Waals surface area contributed by atoms with Crippen LogP contribution in [0.4, 0.5) is 0 Å². The van der Waals surface area contributed by atoms with Crippen molar-refractivity contribution < 1.29 is 24.5 Å². The van der Waals surface area contributed by atoms with Gasteiger partial charge in [0.2, 0.25) is 5.91 Å². The molecule has 0 aromatic heterocycles. The van der Waals surface area contributed by atoms with E-state index in [2.05, 4.69) is 31.3 Å². The van der Waals surface area contributed by atoms with E-state index in [1.807, 2.05) is 6.08 Å². The molecule has 0 aliphatic heterocycles. The molecule has 0 rings (SSSR count). The monoisotopic (exact) mass is 944 g/mol. The highest BCUT2D eigenvalue weighted by Crippen LogP contribution is 2.17. The van der Waals surface area contributed by atoms with Crippen molar-refractivity contribution >= 4 is 11.9 Å². The van der Waals surface area contributed by atoms with Gasteiger partial charge in [0, 0.05) is 12.8 Å². The van der Waals surface area contributed by atoms with Crippen molar-refractivity contribution in [3.05, 3.63) is 24.3 Å². The highest BCUT2D eigenvalue weighted by molar-refractivity contribution is 5.76. The second-order valence-electron chi connectivity index (χ2n) is 20.7. The molecule has 0 radical (unpaired) electrons. The number of aliphatic hydroxyl groups is 2. The van der Waals surface area contributed by atoms with Crippen molar-refractivity contribution in [3.8, 4) is 0 Å². The van der Waals surface area contributed by atoms with Gasteiger partial charge < -0.3 is 20.3 Å². The van der Waals surface area contributed by atoms with Crippen molar-refractivity contribution in [2.24, 2.45) is 0 Å². The molecule has 67 heavy (non-hydrogen) atoms. The van der Waals surface area contributed by atoms with Gasteiger partial charge in [0.05, 0.1) is 25.4 Å². The SMILES string of the molecule is CCCCCCCC/C=C\CCCCCCCCCC(=O)OCCCCCCCCCCCCCCCCCC(=O)NC(CO)C(O)/C=C/CCCCCCCCCCCCCCCCCC. The second-order valence-corrected chi connectivity index (χ2v) is 20.7. The molecular weight excluding hydrogens is 827 g/mol. The number of ether oxygens (including phenoxy) is 1. The largest absolute Gasteiger partial charge is 0.466 e. The Balaban J connectivity index is 3.45. The van der Waals surface area contributed by atoms with Gasteiger partial charge in [0.25, 0.3) is 0 Å². The molecule has 3 N–H and O–H groups in total. The predicted octanol–water partition coefficient (Wildman–Crippen LogP) is 18.6. The van der Waals surface area contributed by atoms with Crippen LogP contribution in [0.15, 0.2) is 24.3 Å². The fourth-order valence-corrected chi connectivity index (χ4v) is 9.34. The van der Waals surface area contributed by atoms with E-state index in [-0.39, 0.29) is 18.5 Å². The first kappa shape index (κ1) is 65.3. The molecule has 0 aromatic carbocycles. The fraction of sp³-hybridized carbons (Fsp3) is 0.902. The first-order valence-electron chi connectivity index (χ1n) is 30.1. The molecule has 0 spiro atoms. The zero-order chi connectivity index (χ0) is 48.6. The van der Waals surface area contributed by atoms with Gasteiger partial charge in [0.1, 0.15) is 0 Å². The Kier molecular flexibility index (Phi) is 55.5. The molecule has 2 unspecified atom stereocenters. The lowest BCUT2D eigenvalue weighted by Crippen LogP contribution is -2.45. The standard InChI is InChI=1S/C61H117NO5/c1-3-5-7-9-11-13-15-17-19-21-23-25-29-33-37-41-45-49-53-59(64)58(57-63)62-60(65)54-50-46-42-38-34-30-26-24-28-32-36-40-44-48-52-56-67-61(66)55-51-47-43-39-35-31-27-22-20-18-16-14-12-10-8-6-4-2/h18,20,49,53,58-59,63-64H,3-17,19,21-48,50-52,54-57H2,1-2H3,(H,62,65)/b20-18-,53-49+. The van der Waals surface area contributed by atoms with Crippen molar-refractivity contribution in [1.29, 1.82) is 0 Å². The van der Waals surface area contributed by atoms with Crippen LogP contribution >= 0.6 is 0 Å². The van der Waals surface area contributed by atoms with Crippen LogP contribution in [-0.2, 0) is 14.3 Å². The summed E-state index contributed by atoms with van der Waals surface area (Å²) >= 11 is 0. The summed E-state index contributed by atoms with van der Waals surface area (Å²) in [7, 11) is 0. The maximum atomic E-state index is 12.5. The van der Waals surface area contributed by atoms with Crippen LogP contribution in [0.2, 0.25) is 0 Å². The van der Waals surface area contributed by atoms with E-state index in [0.29, 0.717) is 19.4 Å². The lowest BCUT2D eigenvalue weighted by molar-refractivity contribution is -0.143. The number of carbonyl (C=O) groups excluding carboxylic acids is 2. The average Bonchev–Trinajstić information content (AvgIpc) is 3.33. The summed E-state index contributed by atoms with van der Waals surface area (Å²) < 4.78 is 5.48. The Hall–Kier alpha value is -1.66. The molecular formula is C61H117NO5. The van der Waals surface area contributed by atoms with Crippen LogP contribution < -0.4 is 5.32 Å². The van der Waals surface area contributed by atoms with Crippen molar-refractivity contribution in [2.45, 2.75) is 341 Å². The Bertz CT molecular complexity index is 1040. The smallest absolute Gasteiger partial charge is 0.305 e. The molecule has 0 aromatic rings. The van der Waals surface area contributed by atoms with Gasteiger partial charge in [0.15, 0.2) is 0 Å². The third-order valence-electron chi connectivity index (χ3n) is 14.0. The molecule has 0 heterocycles. The summed E-state index contributed by atoms with van der Waals surface area (Å²) in [4.78, 5) is 24.6. The fourth-order valence-electron chi connectivity index (χ4n) is 9.34. The summed E-state index contributed by atoms with van der Waals surface area (Å²) in [5, 5.41) is 23.2. The topological polar surface area (TPSA) is 95.9 Å². The third-order valence-corrected chi connectivity index (χ3v) is 14.0. The maximum absolute atomic E-state index is 12.5. The Morgan fingerprint density at radius 1 is 0.403 bits per heavy atom. The quantitative estimate of drug-likeness (QED) is 0.0321. The van der Waals surface area contributed by atoms with E-state index in [4.69, 9.17) is 4.74 Å². The molecule has 0 saturated carbocycles. The minimum atomic E-state index is -0.851. The number of aliphatic hydroxyl groups excluding tert-OH is 2.